The molecule has 1 aliphatic heterocycles. The molecule has 0 saturated carbocycles. The number of carboxylic acids is 1. The van der Waals surface area contributed by atoms with Gasteiger partial charge in [-0.05, 0) is 26.8 Å². The molecular weight excluding hydrogens is 248 g/mol. The van der Waals surface area contributed by atoms with Gasteiger partial charge in [0.05, 0.1) is 25.2 Å². The second-order valence-corrected chi connectivity index (χ2v) is 4.86. The summed E-state index contributed by atoms with van der Waals surface area (Å²) in [7, 11) is 0. The van der Waals surface area contributed by atoms with Crippen LogP contribution in [0.15, 0.2) is 0 Å². The van der Waals surface area contributed by atoms with Gasteiger partial charge in [-0.25, -0.2) is 0 Å². The van der Waals surface area contributed by atoms with Crippen LogP contribution in [0.5, 0.6) is 0 Å². The van der Waals surface area contributed by atoms with Crippen molar-refractivity contribution in [2.45, 2.75) is 39.3 Å². The third kappa shape index (κ3) is 3.91. The molecular formula is C13H24N2O4. The van der Waals surface area contributed by atoms with Gasteiger partial charge >= 0.3 is 5.97 Å². The van der Waals surface area contributed by atoms with Crippen molar-refractivity contribution in [3.8, 4) is 0 Å². The van der Waals surface area contributed by atoms with Crippen LogP contribution in [-0.4, -0.2) is 60.3 Å². The molecule has 6 nitrogen and oxygen atoms in total. The van der Waals surface area contributed by atoms with Gasteiger partial charge in [0.1, 0.15) is 0 Å². The summed E-state index contributed by atoms with van der Waals surface area (Å²) >= 11 is 0. The van der Waals surface area contributed by atoms with E-state index in [-0.39, 0.29) is 24.6 Å². The molecule has 0 aromatic rings. The first-order valence-electron chi connectivity index (χ1n) is 6.86. The van der Waals surface area contributed by atoms with E-state index in [0.717, 1.165) is 6.42 Å². The van der Waals surface area contributed by atoms with Gasteiger partial charge in [-0.3, -0.25) is 14.5 Å². The Kier molecular flexibility index (Phi) is 6.24. The maximum atomic E-state index is 12.0. The molecule has 0 aromatic carbocycles. The molecule has 2 N–H and O–H groups in total. The number of rotatable bonds is 7. The van der Waals surface area contributed by atoms with Crippen LogP contribution in [0.4, 0.5) is 0 Å². The van der Waals surface area contributed by atoms with Gasteiger partial charge < -0.3 is 15.2 Å². The molecule has 0 radical (unpaired) electrons. The Hall–Kier alpha value is -1.14. The highest BCUT2D eigenvalue weighted by Crippen LogP contribution is 2.22. The predicted molar refractivity (Wildman–Crippen MR) is 70.9 cm³/mol. The number of ether oxygens (including phenoxy) is 1. The van der Waals surface area contributed by atoms with E-state index in [1.54, 1.807) is 0 Å². The van der Waals surface area contributed by atoms with E-state index in [9.17, 15) is 14.7 Å². The molecule has 0 bridgehead atoms. The van der Waals surface area contributed by atoms with Crippen molar-refractivity contribution < 1.29 is 19.4 Å². The summed E-state index contributed by atoms with van der Waals surface area (Å²) in [6.45, 7) is 7.57. The van der Waals surface area contributed by atoms with Crippen molar-refractivity contribution in [1.29, 1.82) is 0 Å². The van der Waals surface area contributed by atoms with Crippen molar-refractivity contribution >= 4 is 11.9 Å². The van der Waals surface area contributed by atoms with Crippen molar-refractivity contribution in [1.82, 2.24) is 10.2 Å². The predicted octanol–water partition coefficient (Wildman–Crippen LogP) is 0.323. The Morgan fingerprint density at radius 3 is 2.63 bits per heavy atom. The Morgan fingerprint density at radius 1 is 1.42 bits per heavy atom. The van der Waals surface area contributed by atoms with Crippen LogP contribution >= 0.6 is 0 Å². The summed E-state index contributed by atoms with van der Waals surface area (Å²) in [4.78, 5) is 25.1. The molecule has 1 rings (SSSR count). The molecule has 0 spiro atoms. The zero-order chi connectivity index (χ0) is 14.4. The third-order valence-electron chi connectivity index (χ3n) is 3.50. The molecule has 3 unspecified atom stereocenters. The van der Waals surface area contributed by atoms with E-state index >= 15 is 0 Å². The molecule has 1 aliphatic rings. The maximum Gasteiger partial charge on any atom is 0.310 e. The minimum Gasteiger partial charge on any atom is -0.481 e. The second kappa shape index (κ2) is 7.45. The molecule has 1 fully saturated rings. The lowest BCUT2D eigenvalue weighted by Crippen LogP contribution is -2.53. The van der Waals surface area contributed by atoms with Crippen molar-refractivity contribution in [2.75, 3.05) is 26.3 Å². The van der Waals surface area contributed by atoms with Crippen LogP contribution in [0.25, 0.3) is 0 Å². The van der Waals surface area contributed by atoms with E-state index in [4.69, 9.17) is 4.74 Å². The van der Waals surface area contributed by atoms with Gasteiger partial charge in [-0.2, -0.15) is 0 Å². The van der Waals surface area contributed by atoms with Crippen LogP contribution in [-0.2, 0) is 14.3 Å². The maximum absolute atomic E-state index is 12.0. The van der Waals surface area contributed by atoms with Gasteiger partial charge in [-0.15, -0.1) is 0 Å². The number of carboxylic acid groups (broad SMARTS) is 1. The average molecular weight is 272 g/mol. The first kappa shape index (κ1) is 15.9. The minimum absolute atomic E-state index is 0.0630. The highest BCUT2D eigenvalue weighted by molar-refractivity contribution is 5.81. The summed E-state index contributed by atoms with van der Waals surface area (Å²) in [5.74, 6) is -1.47. The number of carbonyl (C=O) groups is 2. The number of aliphatic carboxylic acids is 1. The third-order valence-corrected chi connectivity index (χ3v) is 3.50. The lowest BCUT2D eigenvalue weighted by atomic mass is 10.00. The van der Waals surface area contributed by atoms with Crippen molar-refractivity contribution in [3.05, 3.63) is 0 Å². The molecule has 1 heterocycles. The van der Waals surface area contributed by atoms with Crippen LogP contribution in [0, 0.1) is 5.92 Å². The lowest BCUT2D eigenvalue weighted by molar-refractivity contribution is -0.144. The fraction of sp³-hybridized carbons (Fsp3) is 0.846. The van der Waals surface area contributed by atoms with Gasteiger partial charge in [-0.1, -0.05) is 6.92 Å². The minimum atomic E-state index is -0.855. The molecule has 110 valence electrons. The van der Waals surface area contributed by atoms with Crippen LogP contribution in [0.3, 0.4) is 0 Å². The van der Waals surface area contributed by atoms with Gasteiger partial charge in [0.25, 0.3) is 0 Å². The van der Waals surface area contributed by atoms with E-state index in [2.05, 4.69) is 5.32 Å². The van der Waals surface area contributed by atoms with Gasteiger partial charge in [0, 0.05) is 12.6 Å². The number of carbonyl (C=O) groups excluding carboxylic acids is 1. The summed E-state index contributed by atoms with van der Waals surface area (Å²) in [5, 5.41) is 12.0. The van der Waals surface area contributed by atoms with Gasteiger partial charge in [0.2, 0.25) is 5.91 Å². The van der Waals surface area contributed by atoms with E-state index in [1.165, 1.54) is 0 Å². The number of nitrogens with one attached hydrogen (secondary N) is 1. The Balaban J connectivity index is 2.80. The number of hydrogen-bond acceptors (Lipinski definition) is 4. The average Bonchev–Trinajstić information content (AvgIpc) is 2.84. The van der Waals surface area contributed by atoms with Crippen LogP contribution in [0.1, 0.15) is 27.2 Å². The smallest absolute Gasteiger partial charge is 0.310 e. The van der Waals surface area contributed by atoms with Crippen molar-refractivity contribution in [2.24, 2.45) is 5.92 Å². The highest BCUT2D eigenvalue weighted by Gasteiger charge is 2.40. The number of likely N-dealkylation sites (N-methyl/N-ethyl adjacent to an activating group) is 1. The zero-order valence-electron chi connectivity index (χ0n) is 11.9. The zero-order valence-corrected chi connectivity index (χ0v) is 11.9. The summed E-state index contributed by atoms with van der Waals surface area (Å²) in [5.41, 5.74) is 0. The summed E-state index contributed by atoms with van der Waals surface area (Å²) < 4.78 is 5.29. The van der Waals surface area contributed by atoms with E-state index in [1.807, 2.05) is 25.7 Å². The quantitative estimate of drug-likeness (QED) is 0.698. The standard InChI is InChI=1S/C13H24N2O4/c1-4-6-15(9(3)12(16)14-5-2)11-8-19-7-10(11)13(17)18/h9-11H,4-8H2,1-3H3,(H,14,16)(H,17,18). The van der Waals surface area contributed by atoms with E-state index < -0.39 is 11.9 Å². The largest absolute Gasteiger partial charge is 0.481 e. The number of nitrogens with zero attached hydrogens (tertiary/aromatic N) is 1. The summed E-state index contributed by atoms with van der Waals surface area (Å²) in [6.07, 6.45) is 0.868. The fourth-order valence-electron chi connectivity index (χ4n) is 2.48. The molecule has 0 aromatic heterocycles. The molecule has 1 saturated heterocycles. The monoisotopic (exact) mass is 272 g/mol. The molecule has 1 amide bonds. The van der Waals surface area contributed by atoms with Crippen molar-refractivity contribution in [3.63, 3.8) is 0 Å². The van der Waals surface area contributed by atoms with Crippen LogP contribution in [0.2, 0.25) is 0 Å². The van der Waals surface area contributed by atoms with Crippen LogP contribution < -0.4 is 5.32 Å². The molecule has 19 heavy (non-hydrogen) atoms. The normalized spacial score (nSPS) is 24.4. The van der Waals surface area contributed by atoms with Gasteiger partial charge in [0.15, 0.2) is 0 Å². The summed E-state index contributed by atoms with van der Waals surface area (Å²) in [6, 6.07) is -0.566. The first-order chi connectivity index (χ1) is 9.02. The SMILES string of the molecule is CCCN(C(C)C(=O)NCC)C1COCC1C(=O)O. The molecule has 3 atom stereocenters. The Labute approximate surface area is 114 Å². The van der Waals surface area contributed by atoms with E-state index in [0.29, 0.717) is 19.7 Å². The number of hydrogen-bond donors (Lipinski definition) is 2. The topological polar surface area (TPSA) is 78.9 Å². The molecule has 6 heteroatoms. The fourth-order valence-corrected chi connectivity index (χ4v) is 2.48. The first-order valence-corrected chi connectivity index (χ1v) is 6.86. The lowest BCUT2D eigenvalue weighted by Gasteiger charge is -2.34. The number of amides is 1. The Morgan fingerprint density at radius 2 is 2.11 bits per heavy atom. The molecule has 0 aliphatic carbocycles. The second-order valence-electron chi connectivity index (χ2n) is 4.86. The Bertz CT molecular complexity index is 322. The highest BCUT2D eigenvalue weighted by atomic mass is 16.5.